The average Bonchev–Trinajstić information content (AvgIpc) is 2.25. The van der Waals surface area contributed by atoms with Gasteiger partial charge in [-0.2, -0.15) is 0 Å². The van der Waals surface area contributed by atoms with Gasteiger partial charge in [0, 0.05) is 13.1 Å². The fourth-order valence-electron chi connectivity index (χ4n) is 2.44. The first-order chi connectivity index (χ1) is 7.91. The molecule has 1 fully saturated rings. The van der Waals surface area contributed by atoms with E-state index in [0.717, 1.165) is 32.5 Å². The van der Waals surface area contributed by atoms with Crippen molar-refractivity contribution in [3.8, 4) is 0 Å². The second-order valence-corrected chi connectivity index (χ2v) is 6.12. The summed E-state index contributed by atoms with van der Waals surface area (Å²) >= 11 is 0. The van der Waals surface area contributed by atoms with Gasteiger partial charge < -0.3 is 15.5 Å². The summed E-state index contributed by atoms with van der Waals surface area (Å²) in [6.45, 7) is 7.05. The molecule has 0 spiro atoms. The second-order valence-electron chi connectivity index (χ2n) is 6.12. The Morgan fingerprint density at radius 3 is 2.65 bits per heavy atom. The van der Waals surface area contributed by atoms with Crippen LogP contribution in [0, 0.1) is 5.41 Å². The van der Waals surface area contributed by atoms with E-state index in [9.17, 15) is 4.79 Å². The Morgan fingerprint density at radius 2 is 2.12 bits per heavy atom. The van der Waals surface area contributed by atoms with Crippen molar-refractivity contribution in [3.63, 3.8) is 0 Å². The summed E-state index contributed by atoms with van der Waals surface area (Å²) in [6, 6.07) is 0.0268. The Bertz CT molecular complexity index is 245. The molecule has 0 radical (unpaired) electrons. The van der Waals surface area contributed by atoms with Crippen molar-refractivity contribution in [3.05, 3.63) is 0 Å². The van der Waals surface area contributed by atoms with Crippen molar-refractivity contribution in [2.75, 3.05) is 33.7 Å². The molecule has 1 atom stereocenters. The van der Waals surface area contributed by atoms with Crippen LogP contribution in [0.2, 0.25) is 0 Å². The normalized spacial score (nSPS) is 21.6. The molecule has 1 saturated heterocycles. The maximum atomic E-state index is 11.9. The van der Waals surface area contributed by atoms with Crippen LogP contribution in [0.5, 0.6) is 0 Å². The predicted octanol–water partition coefficient (Wildman–Crippen LogP) is 0.833. The second kappa shape index (κ2) is 6.36. The van der Waals surface area contributed by atoms with Gasteiger partial charge in [-0.3, -0.25) is 4.79 Å². The first-order valence-electron chi connectivity index (χ1n) is 6.56. The first-order valence-corrected chi connectivity index (χ1v) is 6.56. The van der Waals surface area contributed by atoms with Gasteiger partial charge in [-0.05, 0) is 38.9 Å². The molecule has 1 heterocycles. The van der Waals surface area contributed by atoms with Crippen molar-refractivity contribution >= 4 is 5.91 Å². The zero-order valence-electron chi connectivity index (χ0n) is 11.7. The van der Waals surface area contributed by atoms with Crippen LogP contribution >= 0.6 is 0 Å². The Kier molecular flexibility index (Phi) is 5.40. The lowest BCUT2D eigenvalue weighted by molar-refractivity contribution is -0.124. The van der Waals surface area contributed by atoms with Crippen LogP contribution in [0.4, 0.5) is 0 Å². The smallest absolute Gasteiger partial charge is 0.237 e. The van der Waals surface area contributed by atoms with Crippen LogP contribution in [0.15, 0.2) is 0 Å². The molecule has 0 bridgehead atoms. The molecule has 100 valence electrons. The van der Waals surface area contributed by atoms with Gasteiger partial charge in [0.2, 0.25) is 5.91 Å². The molecule has 4 nitrogen and oxygen atoms in total. The number of amides is 1. The Hall–Kier alpha value is -0.610. The minimum atomic E-state index is 0.0268. The van der Waals surface area contributed by atoms with Crippen molar-refractivity contribution in [2.45, 2.75) is 39.2 Å². The van der Waals surface area contributed by atoms with Crippen molar-refractivity contribution < 1.29 is 4.79 Å². The average molecular weight is 241 g/mol. The van der Waals surface area contributed by atoms with E-state index in [1.54, 1.807) is 0 Å². The highest BCUT2D eigenvalue weighted by atomic mass is 16.2. The van der Waals surface area contributed by atoms with Crippen molar-refractivity contribution in [1.82, 2.24) is 15.5 Å². The highest BCUT2D eigenvalue weighted by molar-refractivity contribution is 5.81. The van der Waals surface area contributed by atoms with E-state index in [1.165, 1.54) is 6.42 Å². The van der Waals surface area contributed by atoms with Crippen molar-refractivity contribution in [1.29, 1.82) is 0 Å². The summed E-state index contributed by atoms with van der Waals surface area (Å²) in [5, 5.41) is 6.34. The molecule has 0 aliphatic carbocycles. The summed E-state index contributed by atoms with van der Waals surface area (Å²) < 4.78 is 0. The highest BCUT2D eigenvalue weighted by Gasteiger charge is 2.24. The summed E-state index contributed by atoms with van der Waals surface area (Å²) in [5.74, 6) is 0.163. The Balaban J connectivity index is 2.31. The molecule has 1 rings (SSSR count). The van der Waals surface area contributed by atoms with Gasteiger partial charge in [0.15, 0.2) is 0 Å². The quantitative estimate of drug-likeness (QED) is 0.749. The number of carbonyl (C=O) groups excluding carboxylic acids is 1. The standard InChI is InChI=1S/C13H27N3O/c1-13(2,10-16(3)4)9-15-12(17)11-7-5-6-8-14-11/h11,14H,5-10H2,1-4H3,(H,15,17)/t11-/m1/s1. The number of carbonyl (C=O) groups is 1. The highest BCUT2D eigenvalue weighted by Crippen LogP contribution is 2.14. The summed E-state index contributed by atoms with van der Waals surface area (Å²) in [6.07, 6.45) is 3.32. The number of hydrogen-bond donors (Lipinski definition) is 2. The Morgan fingerprint density at radius 1 is 1.41 bits per heavy atom. The maximum absolute atomic E-state index is 11.9. The van der Waals surface area contributed by atoms with E-state index >= 15 is 0 Å². The topological polar surface area (TPSA) is 44.4 Å². The van der Waals surface area contributed by atoms with Gasteiger partial charge in [-0.1, -0.05) is 20.3 Å². The summed E-state index contributed by atoms with van der Waals surface area (Å²) in [4.78, 5) is 14.1. The fourth-order valence-corrected chi connectivity index (χ4v) is 2.44. The largest absolute Gasteiger partial charge is 0.354 e. The molecule has 4 heteroatoms. The number of piperidine rings is 1. The number of nitrogens with zero attached hydrogens (tertiary/aromatic N) is 1. The van der Waals surface area contributed by atoms with Crippen LogP contribution in [0.1, 0.15) is 33.1 Å². The molecule has 0 unspecified atom stereocenters. The van der Waals surface area contributed by atoms with Crippen LogP contribution in [-0.2, 0) is 4.79 Å². The molecular formula is C13H27N3O. The van der Waals surface area contributed by atoms with E-state index in [4.69, 9.17) is 0 Å². The number of nitrogens with one attached hydrogen (secondary N) is 2. The van der Waals surface area contributed by atoms with E-state index in [-0.39, 0.29) is 17.4 Å². The SMILES string of the molecule is CN(C)CC(C)(C)CNC(=O)[C@H]1CCCCN1. The summed E-state index contributed by atoms with van der Waals surface area (Å²) in [7, 11) is 4.12. The molecule has 17 heavy (non-hydrogen) atoms. The molecule has 0 aromatic heterocycles. The van der Waals surface area contributed by atoms with E-state index in [2.05, 4.69) is 43.5 Å². The van der Waals surface area contributed by atoms with Gasteiger partial charge in [0.05, 0.1) is 6.04 Å². The van der Waals surface area contributed by atoms with Gasteiger partial charge in [-0.15, -0.1) is 0 Å². The van der Waals surface area contributed by atoms with Gasteiger partial charge in [0.25, 0.3) is 0 Å². The first kappa shape index (κ1) is 14.5. The zero-order chi connectivity index (χ0) is 12.9. The van der Waals surface area contributed by atoms with E-state index < -0.39 is 0 Å². The van der Waals surface area contributed by atoms with Gasteiger partial charge in [0.1, 0.15) is 0 Å². The molecule has 2 N–H and O–H groups in total. The van der Waals surface area contributed by atoms with Crippen LogP contribution in [-0.4, -0.2) is 50.6 Å². The third kappa shape index (κ3) is 5.50. The lowest BCUT2D eigenvalue weighted by atomic mass is 9.92. The predicted molar refractivity (Wildman–Crippen MR) is 71.0 cm³/mol. The van der Waals surface area contributed by atoms with E-state index in [0.29, 0.717) is 0 Å². The number of hydrogen-bond acceptors (Lipinski definition) is 3. The molecule has 0 aromatic carbocycles. The summed E-state index contributed by atoms with van der Waals surface area (Å²) in [5.41, 5.74) is 0.119. The Labute approximate surface area is 105 Å². The van der Waals surface area contributed by atoms with Crippen molar-refractivity contribution in [2.24, 2.45) is 5.41 Å². The molecule has 1 aliphatic rings. The van der Waals surface area contributed by atoms with E-state index in [1.807, 2.05) is 0 Å². The van der Waals surface area contributed by atoms with Crippen LogP contribution in [0.3, 0.4) is 0 Å². The van der Waals surface area contributed by atoms with Gasteiger partial charge >= 0.3 is 0 Å². The number of rotatable bonds is 5. The molecule has 0 aromatic rings. The fraction of sp³-hybridized carbons (Fsp3) is 0.923. The maximum Gasteiger partial charge on any atom is 0.237 e. The van der Waals surface area contributed by atoms with Gasteiger partial charge in [-0.25, -0.2) is 0 Å². The zero-order valence-corrected chi connectivity index (χ0v) is 11.7. The third-order valence-electron chi connectivity index (χ3n) is 3.11. The lowest BCUT2D eigenvalue weighted by Crippen LogP contribution is -2.49. The molecule has 1 amide bonds. The monoisotopic (exact) mass is 241 g/mol. The molecule has 0 saturated carbocycles. The van der Waals surface area contributed by atoms with Crippen LogP contribution in [0.25, 0.3) is 0 Å². The molecule has 1 aliphatic heterocycles. The third-order valence-corrected chi connectivity index (χ3v) is 3.11. The minimum absolute atomic E-state index is 0.0268. The minimum Gasteiger partial charge on any atom is -0.354 e. The van der Waals surface area contributed by atoms with Crippen LogP contribution < -0.4 is 10.6 Å². The lowest BCUT2D eigenvalue weighted by Gasteiger charge is -2.30. The molecular weight excluding hydrogens is 214 g/mol.